The number of benzene rings is 1. The monoisotopic (exact) mass is 474 g/mol. The summed E-state index contributed by atoms with van der Waals surface area (Å²) in [5.41, 5.74) is 6.29. The van der Waals surface area contributed by atoms with Crippen molar-refractivity contribution >= 4 is 23.4 Å². The first-order valence-corrected chi connectivity index (χ1v) is 12.2. The van der Waals surface area contributed by atoms with Gasteiger partial charge < -0.3 is 15.1 Å². The molecule has 5 nitrogen and oxygen atoms in total. The lowest BCUT2D eigenvalue weighted by atomic mass is 9.63. The van der Waals surface area contributed by atoms with Crippen LogP contribution in [0.1, 0.15) is 63.2 Å². The van der Waals surface area contributed by atoms with Crippen LogP contribution in [0.5, 0.6) is 0 Å². The molecule has 0 spiro atoms. The van der Waals surface area contributed by atoms with Crippen LogP contribution in [-0.4, -0.2) is 29.8 Å². The van der Waals surface area contributed by atoms with Gasteiger partial charge in [0, 0.05) is 36.2 Å². The Hall–Kier alpha value is -2.34. The fourth-order valence-corrected chi connectivity index (χ4v) is 6.03. The zero-order valence-electron chi connectivity index (χ0n) is 19.3. The first kappa shape index (κ1) is 23.8. The molecule has 1 aromatic heterocycles. The molecule has 1 aliphatic carbocycles. The van der Waals surface area contributed by atoms with Gasteiger partial charge in [0.15, 0.2) is 0 Å². The quantitative estimate of drug-likeness (QED) is 0.611. The van der Waals surface area contributed by atoms with Crippen molar-refractivity contribution in [2.75, 3.05) is 13.1 Å². The maximum atomic E-state index is 14.8. The molecule has 2 atom stereocenters. The summed E-state index contributed by atoms with van der Waals surface area (Å²) in [6.45, 7) is 5.58. The lowest BCUT2D eigenvalue weighted by Gasteiger charge is -2.40. The van der Waals surface area contributed by atoms with Crippen molar-refractivity contribution in [3.63, 3.8) is 0 Å². The highest BCUT2D eigenvalue weighted by molar-refractivity contribution is 6.33. The largest absolute Gasteiger partial charge is 0.469 e. The highest BCUT2D eigenvalue weighted by Gasteiger charge is 2.47. The normalized spacial score (nSPS) is 24.1. The van der Waals surface area contributed by atoms with E-state index in [0.29, 0.717) is 42.1 Å². The zero-order chi connectivity index (χ0) is 23.8. The van der Waals surface area contributed by atoms with Crippen molar-refractivity contribution in [1.29, 1.82) is 0 Å². The van der Waals surface area contributed by atoms with E-state index in [2.05, 4.69) is 6.92 Å². The molecular weight excluding hydrogens is 443 g/mol. The molecule has 1 aliphatic heterocycles. The molecule has 1 aromatic carbocycles. The first-order chi connectivity index (χ1) is 15.7. The van der Waals surface area contributed by atoms with E-state index in [1.807, 2.05) is 4.90 Å². The Balaban J connectivity index is 1.65. The summed E-state index contributed by atoms with van der Waals surface area (Å²) in [7, 11) is 0. The highest BCUT2D eigenvalue weighted by Crippen LogP contribution is 2.49. The van der Waals surface area contributed by atoms with E-state index in [0.717, 1.165) is 38.8 Å². The number of nitrogens with zero attached hydrogens (tertiary/aromatic N) is 1. The Morgan fingerprint density at radius 2 is 2.00 bits per heavy atom. The number of hydrogen-bond donors (Lipinski definition) is 1. The second-order valence-corrected chi connectivity index (χ2v) is 10.3. The number of amides is 2. The van der Waals surface area contributed by atoms with Gasteiger partial charge >= 0.3 is 0 Å². The molecule has 2 amide bonds. The fourth-order valence-electron chi connectivity index (χ4n) is 5.76. The Morgan fingerprint density at radius 1 is 1.27 bits per heavy atom. The molecule has 7 heteroatoms. The van der Waals surface area contributed by atoms with Gasteiger partial charge in [0.1, 0.15) is 11.6 Å². The highest BCUT2D eigenvalue weighted by atomic mass is 35.5. The van der Waals surface area contributed by atoms with E-state index in [-0.39, 0.29) is 22.4 Å². The van der Waals surface area contributed by atoms with Crippen LogP contribution in [0, 0.1) is 24.6 Å². The van der Waals surface area contributed by atoms with Crippen LogP contribution in [0.25, 0.3) is 11.1 Å². The maximum Gasteiger partial charge on any atom is 0.228 e. The maximum absolute atomic E-state index is 14.8. The summed E-state index contributed by atoms with van der Waals surface area (Å²) in [4.78, 5) is 28.0. The molecule has 2 aromatic rings. The predicted molar refractivity (Wildman–Crippen MR) is 126 cm³/mol. The first-order valence-electron chi connectivity index (χ1n) is 11.8. The van der Waals surface area contributed by atoms with Gasteiger partial charge in [0.2, 0.25) is 11.8 Å². The van der Waals surface area contributed by atoms with Crippen LogP contribution >= 0.6 is 11.6 Å². The van der Waals surface area contributed by atoms with Gasteiger partial charge in [-0.1, -0.05) is 31.0 Å². The van der Waals surface area contributed by atoms with E-state index in [4.69, 9.17) is 21.8 Å². The van der Waals surface area contributed by atoms with Crippen molar-refractivity contribution in [2.45, 2.75) is 64.2 Å². The van der Waals surface area contributed by atoms with Gasteiger partial charge in [-0.05, 0) is 63.0 Å². The van der Waals surface area contributed by atoms with E-state index in [1.54, 1.807) is 19.1 Å². The molecule has 178 valence electrons. The van der Waals surface area contributed by atoms with Gasteiger partial charge in [-0.2, -0.15) is 0 Å². The van der Waals surface area contributed by atoms with Gasteiger partial charge in [-0.15, -0.1) is 0 Å². The lowest BCUT2D eigenvalue weighted by Crippen LogP contribution is -2.46. The topological polar surface area (TPSA) is 76.5 Å². The number of aryl methyl sites for hydroxylation is 1. The van der Waals surface area contributed by atoms with Gasteiger partial charge in [-0.25, -0.2) is 4.39 Å². The second kappa shape index (κ2) is 9.49. The van der Waals surface area contributed by atoms with Gasteiger partial charge in [-0.3, -0.25) is 9.59 Å². The molecule has 1 saturated heterocycles. The Labute approximate surface area is 199 Å². The third-order valence-corrected chi connectivity index (χ3v) is 7.92. The van der Waals surface area contributed by atoms with E-state index in [9.17, 15) is 14.0 Å². The van der Waals surface area contributed by atoms with Crippen LogP contribution in [0.2, 0.25) is 5.02 Å². The Kier molecular flexibility index (Phi) is 6.85. The molecule has 0 bridgehead atoms. The molecule has 0 radical (unpaired) electrons. The number of carbonyl (C=O) groups is 2. The summed E-state index contributed by atoms with van der Waals surface area (Å²) in [6, 6.07) is 4.50. The number of primary amides is 1. The minimum atomic E-state index is -1.03. The Morgan fingerprint density at radius 3 is 2.67 bits per heavy atom. The second-order valence-electron chi connectivity index (χ2n) is 9.85. The summed E-state index contributed by atoms with van der Waals surface area (Å²) < 4.78 is 20.5. The van der Waals surface area contributed by atoms with Crippen molar-refractivity contribution in [3.05, 3.63) is 46.6 Å². The van der Waals surface area contributed by atoms with Gasteiger partial charge in [0.05, 0.1) is 16.7 Å². The average Bonchev–Trinajstić information content (AvgIpc) is 3.15. The molecular formula is C26H32ClFN2O3. The molecule has 2 N–H and O–H groups in total. The van der Waals surface area contributed by atoms with Crippen molar-refractivity contribution in [2.24, 2.45) is 17.6 Å². The minimum absolute atomic E-state index is 0.0244. The SMILES string of the molecule is Cc1occ(-c2c(F)cccc2Cl)c1C1(C(N)=O)CCCC(CC(=O)N2CCC(C)CC2)C1. The lowest BCUT2D eigenvalue weighted by molar-refractivity contribution is -0.135. The summed E-state index contributed by atoms with van der Waals surface area (Å²) in [6.07, 6.45) is 6.51. The smallest absolute Gasteiger partial charge is 0.228 e. The number of carbonyl (C=O) groups excluding carboxylic acids is 2. The van der Waals surface area contributed by atoms with Crippen LogP contribution in [0.4, 0.5) is 4.39 Å². The van der Waals surface area contributed by atoms with Crippen LogP contribution < -0.4 is 5.73 Å². The number of furan rings is 1. The summed E-state index contributed by atoms with van der Waals surface area (Å²) in [5.74, 6) is 0.402. The van der Waals surface area contributed by atoms with Crippen LogP contribution in [0.15, 0.2) is 28.9 Å². The number of hydrogen-bond acceptors (Lipinski definition) is 3. The molecule has 2 aliphatic rings. The number of likely N-dealkylation sites (tertiary alicyclic amines) is 1. The van der Waals surface area contributed by atoms with Gasteiger partial charge in [0.25, 0.3) is 0 Å². The molecule has 2 heterocycles. The molecule has 4 rings (SSSR count). The predicted octanol–water partition coefficient (Wildman–Crippen LogP) is 5.61. The zero-order valence-corrected chi connectivity index (χ0v) is 20.1. The van der Waals surface area contributed by atoms with Crippen molar-refractivity contribution < 1.29 is 18.4 Å². The van der Waals surface area contributed by atoms with E-state index >= 15 is 0 Å². The summed E-state index contributed by atoms with van der Waals surface area (Å²) in [5, 5.41) is 0.249. The number of nitrogens with two attached hydrogens (primary N) is 1. The average molecular weight is 475 g/mol. The fraction of sp³-hybridized carbons (Fsp3) is 0.538. The van der Waals surface area contributed by atoms with Crippen molar-refractivity contribution in [3.8, 4) is 11.1 Å². The van der Waals surface area contributed by atoms with E-state index < -0.39 is 17.1 Å². The number of rotatable bonds is 5. The summed E-state index contributed by atoms with van der Waals surface area (Å²) >= 11 is 6.35. The number of piperidine rings is 1. The van der Waals surface area contributed by atoms with E-state index in [1.165, 1.54) is 12.3 Å². The third kappa shape index (κ3) is 4.54. The third-order valence-electron chi connectivity index (χ3n) is 7.61. The van der Waals surface area contributed by atoms with Crippen LogP contribution in [0.3, 0.4) is 0 Å². The molecule has 33 heavy (non-hydrogen) atoms. The van der Waals surface area contributed by atoms with Crippen LogP contribution in [-0.2, 0) is 15.0 Å². The number of halogens is 2. The Bertz CT molecular complexity index is 1020. The van der Waals surface area contributed by atoms with Crippen molar-refractivity contribution in [1.82, 2.24) is 4.90 Å². The molecule has 2 fully saturated rings. The minimum Gasteiger partial charge on any atom is -0.469 e. The molecule has 1 saturated carbocycles. The standard InChI is InChI=1S/C26H32ClFN2O3/c1-16-8-11-30(12-9-16)22(31)13-18-5-4-10-26(14-18,25(29)32)24-17(2)33-15-19(24)23-20(27)6-3-7-21(23)28/h3,6-7,15-16,18H,4-5,8-14H2,1-2H3,(H2,29,32). The molecule has 2 unspecified atom stereocenters.